The van der Waals surface area contributed by atoms with E-state index in [2.05, 4.69) is 25.3 Å². The summed E-state index contributed by atoms with van der Waals surface area (Å²) in [5.74, 6) is 0.658. The van der Waals surface area contributed by atoms with Crippen molar-refractivity contribution in [3.63, 3.8) is 0 Å². The summed E-state index contributed by atoms with van der Waals surface area (Å²) >= 11 is 6.24. The second kappa shape index (κ2) is 4.76. The molecule has 0 N–H and O–H groups in total. The Hall–Kier alpha value is -2.48. The van der Waals surface area contributed by atoms with Gasteiger partial charge in [-0.1, -0.05) is 11.6 Å². The summed E-state index contributed by atoms with van der Waals surface area (Å²) in [6.45, 7) is 5.83. The molecule has 1 atom stereocenters. The number of halogens is 1. The Morgan fingerprint density at radius 1 is 1.17 bits per heavy atom. The molecule has 0 spiro atoms. The molecule has 8 nitrogen and oxygen atoms in total. The van der Waals surface area contributed by atoms with Gasteiger partial charge in [0.05, 0.1) is 28.0 Å². The maximum atomic E-state index is 6.24. The zero-order chi connectivity index (χ0) is 16.3. The van der Waals surface area contributed by atoms with Crippen LogP contribution in [-0.2, 0) is 7.05 Å². The number of rotatable bonds is 2. The largest absolute Gasteiger partial charge is 0.258 e. The Morgan fingerprint density at radius 3 is 2.65 bits per heavy atom. The Morgan fingerprint density at radius 2 is 1.96 bits per heavy atom. The summed E-state index contributed by atoms with van der Waals surface area (Å²) in [4.78, 5) is 9.03. The Bertz CT molecular complexity index is 1040. The SMILES string of the molecule is Cc1nn([C@H](C)c2nc3c4cnn(C)c4ncn3n2)c(C)c1Cl. The quantitative estimate of drug-likeness (QED) is 0.562. The molecule has 0 bridgehead atoms. The van der Waals surface area contributed by atoms with E-state index in [1.807, 2.05) is 32.5 Å². The van der Waals surface area contributed by atoms with Crippen LogP contribution in [0.5, 0.6) is 0 Å². The number of hydrogen-bond acceptors (Lipinski definition) is 5. The Balaban J connectivity index is 1.88. The lowest BCUT2D eigenvalue weighted by Crippen LogP contribution is -2.12. The van der Waals surface area contributed by atoms with Gasteiger partial charge in [0.1, 0.15) is 12.4 Å². The molecular weight excluding hydrogens is 316 g/mol. The van der Waals surface area contributed by atoms with E-state index in [0.717, 1.165) is 28.1 Å². The number of hydrogen-bond donors (Lipinski definition) is 0. The van der Waals surface area contributed by atoms with Crippen molar-refractivity contribution >= 4 is 28.3 Å². The summed E-state index contributed by atoms with van der Waals surface area (Å²) in [7, 11) is 1.85. The molecule has 0 fully saturated rings. The average Bonchev–Trinajstić information content (AvgIpc) is 3.19. The van der Waals surface area contributed by atoms with Crippen LogP contribution in [0.2, 0.25) is 5.02 Å². The predicted octanol–water partition coefficient (Wildman–Crippen LogP) is 2.09. The molecule has 118 valence electrons. The fourth-order valence-electron chi connectivity index (χ4n) is 2.76. The molecule has 0 saturated heterocycles. The van der Waals surface area contributed by atoms with Gasteiger partial charge in [0.25, 0.3) is 0 Å². The van der Waals surface area contributed by atoms with Gasteiger partial charge in [-0.3, -0.25) is 9.36 Å². The Labute approximate surface area is 136 Å². The summed E-state index contributed by atoms with van der Waals surface area (Å²) < 4.78 is 5.23. The second-order valence-electron chi connectivity index (χ2n) is 5.59. The van der Waals surface area contributed by atoms with Crippen LogP contribution in [-0.4, -0.2) is 39.1 Å². The topological polar surface area (TPSA) is 78.7 Å². The molecular formula is C14H15ClN8. The molecule has 23 heavy (non-hydrogen) atoms. The smallest absolute Gasteiger partial charge is 0.176 e. The molecule has 4 aromatic rings. The molecule has 0 aliphatic heterocycles. The predicted molar refractivity (Wildman–Crippen MR) is 85.6 cm³/mol. The van der Waals surface area contributed by atoms with Crippen LogP contribution >= 0.6 is 11.6 Å². The van der Waals surface area contributed by atoms with Crippen molar-refractivity contribution in [3.8, 4) is 0 Å². The molecule has 0 aromatic carbocycles. The molecule has 4 aromatic heterocycles. The van der Waals surface area contributed by atoms with E-state index in [4.69, 9.17) is 11.6 Å². The van der Waals surface area contributed by atoms with Crippen molar-refractivity contribution in [2.45, 2.75) is 26.8 Å². The van der Waals surface area contributed by atoms with Crippen LogP contribution in [0.25, 0.3) is 16.7 Å². The third-order valence-electron chi connectivity index (χ3n) is 4.06. The normalized spacial score (nSPS) is 13.3. The monoisotopic (exact) mass is 330 g/mol. The van der Waals surface area contributed by atoms with E-state index in [1.165, 1.54) is 0 Å². The van der Waals surface area contributed by atoms with Crippen molar-refractivity contribution in [1.29, 1.82) is 0 Å². The van der Waals surface area contributed by atoms with Crippen molar-refractivity contribution < 1.29 is 0 Å². The molecule has 0 aliphatic carbocycles. The fourth-order valence-corrected chi connectivity index (χ4v) is 2.89. The highest BCUT2D eigenvalue weighted by molar-refractivity contribution is 6.31. The first kappa shape index (κ1) is 14.1. The number of fused-ring (bicyclic) bond motifs is 3. The van der Waals surface area contributed by atoms with Crippen LogP contribution in [0.3, 0.4) is 0 Å². The summed E-state index contributed by atoms with van der Waals surface area (Å²) in [6, 6.07) is -0.132. The number of aromatic nitrogens is 8. The van der Waals surface area contributed by atoms with Gasteiger partial charge in [-0.2, -0.15) is 10.2 Å². The lowest BCUT2D eigenvalue weighted by Gasteiger charge is -2.10. The van der Waals surface area contributed by atoms with Gasteiger partial charge in [-0.15, -0.1) is 5.10 Å². The third kappa shape index (κ3) is 1.94. The maximum Gasteiger partial charge on any atom is 0.176 e. The van der Waals surface area contributed by atoms with Crippen LogP contribution in [0, 0.1) is 13.8 Å². The van der Waals surface area contributed by atoms with Gasteiger partial charge in [0.2, 0.25) is 0 Å². The molecule has 4 heterocycles. The summed E-state index contributed by atoms with van der Waals surface area (Å²) in [5, 5.41) is 14.8. The highest BCUT2D eigenvalue weighted by Gasteiger charge is 2.20. The van der Waals surface area contributed by atoms with Crippen LogP contribution in [0.15, 0.2) is 12.5 Å². The Kier molecular flexibility index (Phi) is 2.92. The van der Waals surface area contributed by atoms with Crippen molar-refractivity contribution in [1.82, 2.24) is 39.1 Å². The molecule has 0 amide bonds. The zero-order valence-electron chi connectivity index (χ0n) is 13.2. The minimum absolute atomic E-state index is 0.132. The lowest BCUT2D eigenvalue weighted by molar-refractivity contribution is 0.520. The minimum Gasteiger partial charge on any atom is -0.258 e. The second-order valence-corrected chi connectivity index (χ2v) is 5.97. The summed E-state index contributed by atoms with van der Waals surface area (Å²) in [6.07, 6.45) is 3.40. The van der Waals surface area contributed by atoms with E-state index >= 15 is 0 Å². The van der Waals surface area contributed by atoms with Gasteiger partial charge >= 0.3 is 0 Å². The third-order valence-corrected chi connectivity index (χ3v) is 4.61. The van der Waals surface area contributed by atoms with E-state index < -0.39 is 0 Å². The van der Waals surface area contributed by atoms with E-state index in [9.17, 15) is 0 Å². The number of aryl methyl sites for hydroxylation is 2. The standard InChI is InChI=1S/C14H15ClN8/c1-7-11(15)8(2)23(19-7)9(3)12-18-14-10-5-17-21(4)13(10)16-6-22(14)20-12/h5-6,9H,1-4H3/t9-/m1/s1. The van der Waals surface area contributed by atoms with Gasteiger partial charge < -0.3 is 0 Å². The first-order valence-corrected chi connectivity index (χ1v) is 7.59. The van der Waals surface area contributed by atoms with E-state index in [-0.39, 0.29) is 6.04 Å². The molecule has 4 rings (SSSR count). The maximum absolute atomic E-state index is 6.24. The van der Waals surface area contributed by atoms with Crippen molar-refractivity contribution in [3.05, 3.63) is 34.8 Å². The number of nitrogens with zero attached hydrogens (tertiary/aromatic N) is 8. The van der Waals surface area contributed by atoms with Gasteiger partial charge in [0.15, 0.2) is 17.1 Å². The van der Waals surface area contributed by atoms with Gasteiger partial charge in [-0.05, 0) is 20.8 Å². The first-order valence-electron chi connectivity index (χ1n) is 7.21. The van der Waals surface area contributed by atoms with Gasteiger partial charge in [0, 0.05) is 7.05 Å². The summed E-state index contributed by atoms with van der Waals surface area (Å²) in [5.41, 5.74) is 3.21. The van der Waals surface area contributed by atoms with Crippen molar-refractivity contribution in [2.24, 2.45) is 7.05 Å². The average molecular weight is 331 g/mol. The highest BCUT2D eigenvalue weighted by Crippen LogP contribution is 2.25. The van der Waals surface area contributed by atoms with Crippen LogP contribution < -0.4 is 0 Å². The van der Waals surface area contributed by atoms with E-state index in [1.54, 1.807) is 21.7 Å². The van der Waals surface area contributed by atoms with Crippen LogP contribution in [0.1, 0.15) is 30.2 Å². The fraction of sp³-hybridized carbons (Fsp3) is 0.357. The van der Waals surface area contributed by atoms with E-state index in [0.29, 0.717) is 10.8 Å². The molecule has 0 saturated carbocycles. The molecule has 0 radical (unpaired) electrons. The highest BCUT2D eigenvalue weighted by atomic mass is 35.5. The zero-order valence-corrected chi connectivity index (χ0v) is 13.9. The van der Waals surface area contributed by atoms with Gasteiger partial charge in [-0.25, -0.2) is 14.5 Å². The molecule has 0 unspecified atom stereocenters. The van der Waals surface area contributed by atoms with Crippen molar-refractivity contribution in [2.75, 3.05) is 0 Å². The molecule has 0 aliphatic rings. The minimum atomic E-state index is -0.132. The first-order chi connectivity index (χ1) is 11.0. The molecule has 9 heteroatoms. The lowest BCUT2D eigenvalue weighted by atomic mass is 10.3. The van der Waals surface area contributed by atoms with Crippen LogP contribution in [0.4, 0.5) is 0 Å².